The van der Waals surface area contributed by atoms with E-state index in [1.54, 1.807) is 4.90 Å². The molecular weight excluding hydrogens is 304 g/mol. The summed E-state index contributed by atoms with van der Waals surface area (Å²) in [4.78, 5) is 20.6. The Hall–Kier alpha value is -1.25. The fourth-order valence-corrected chi connectivity index (χ4v) is 2.78. The molecule has 0 spiro atoms. The number of sulfonamides is 1. The van der Waals surface area contributed by atoms with Crippen LogP contribution in [0.2, 0.25) is 5.28 Å². The van der Waals surface area contributed by atoms with Crippen LogP contribution in [-0.2, 0) is 14.8 Å². The molecule has 0 saturated carbocycles. The normalized spacial score (nSPS) is 13.0. The van der Waals surface area contributed by atoms with Gasteiger partial charge in [0.05, 0.1) is 18.4 Å². The summed E-state index contributed by atoms with van der Waals surface area (Å²) in [5, 5.41) is -0.0452. The lowest BCUT2D eigenvalue weighted by atomic mass is 10.3. The van der Waals surface area contributed by atoms with Crippen molar-refractivity contribution in [2.45, 2.75) is 31.7 Å². The van der Waals surface area contributed by atoms with Crippen molar-refractivity contribution in [2.24, 2.45) is 0 Å². The number of halogens is 1. The van der Waals surface area contributed by atoms with Crippen LogP contribution in [0.4, 0.5) is 0 Å². The van der Waals surface area contributed by atoms with E-state index in [0.29, 0.717) is 13.1 Å². The SMILES string of the molecule is CCN(CC)C(=O)C(C)NS(=O)(=O)c1cnc(Cl)nc1. The molecule has 0 saturated heterocycles. The highest BCUT2D eigenvalue weighted by Gasteiger charge is 2.25. The number of carbonyl (C=O) groups is 1. The van der Waals surface area contributed by atoms with Gasteiger partial charge < -0.3 is 4.90 Å². The zero-order valence-electron chi connectivity index (χ0n) is 11.5. The van der Waals surface area contributed by atoms with Crippen molar-refractivity contribution < 1.29 is 13.2 Å². The fraction of sp³-hybridized carbons (Fsp3) is 0.545. The topological polar surface area (TPSA) is 92.3 Å². The second-order valence-corrected chi connectivity index (χ2v) is 6.09. The summed E-state index contributed by atoms with van der Waals surface area (Å²) in [5.41, 5.74) is 0. The van der Waals surface area contributed by atoms with Crippen molar-refractivity contribution >= 4 is 27.5 Å². The molecule has 0 aliphatic rings. The highest BCUT2D eigenvalue weighted by molar-refractivity contribution is 7.89. The summed E-state index contributed by atoms with van der Waals surface area (Å²) in [6.07, 6.45) is 2.18. The molecule has 0 aliphatic carbocycles. The first-order valence-corrected chi connectivity index (χ1v) is 7.96. The van der Waals surface area contributed by atoms with E-state index in [1.165, 1.54) is 6.92 Å². The van der Waals surface area contributed by atoms with Crippen LogP contribution in [0, 0.1) is 0 Å². The quantitative estimate of drug-likeness (QED) is 0.778. The van der Waals surface area contributed by atoms with Gasteiger partial charge >= 0.3 is 0 Å². The van der Waals surface area contributed by atoms with Crippen molar-refractivity contribution in [1.29, 1.82) is 0 Å². The van der Waals surface area contributed by atoms with Crippen LogP contribution in [0.15, 0.2) is 17.3 Å². The van der Waals surface area contributed by atoms with Crippen LogP contribution in [0.25, 0.3) is 0 Å². The van der Waals surface area contributed by atoms with E-state index >= 15 is 0 Å². The first-order valence-electron chi connectivity index (χ1n) is 6.10. The van der Waals surface area contributed by atoms with E-state index in [1.807, 2.05) is 13.8 Å². The minimum atomic E-state index is -3.85. The molecule has 1 rings (SSSR count). The summed E-state index contributed by atoms with van der Waals surface area (Å²) >= 11 is 5.50. The highest BCUT2D eigenvalue weighted by Crippen LogP contribution is 2.09. The van der Waals surface area contributed by atoms with Crippen molar-refractivity contribution in [3.8, 4) is 0 Å². The Labute approximate surface area is 123 Å². The molecule has 0 aromatic carbocycles. The zero-order valence-corrected chi connectivity index (χ0v) is 13.1. The van der Waals surface area contributed by atoms with Gasteiger partial charge in [-0.15, -0.1) is 0 Å². The molecule has 1 aromatic rings. The molecule has 1 unspecified atom stereocenters. The van der Waals surface area contributed by atoms with Gasteiger partial charge in [0.2, 0.25) is 21.2 Å². The molecular formula is C11H17ClN4O3S. The predicted octanol–water partition coefficient (Wildman–Crippen LogP) is 0.665. The maximum Gasteiger partial charge on any atom is 0.244 e. The van der Waals surface area contributed by atoms with Crippen molar-refractivity contribution in [2.75, 3.05) is 13.1 Å². The third-order valence-corrected chi connectivity index (χ3v) is 4.37. The van der Waals surface area contributed by atoms with Gasteiger partial charge in [0.25, 0.3) is 0 Å². The van der Waals surface area contributed by atoms with E-state index in [-0.39, 0.29) is 16.1 Å². The Morgan fingerprint density at radius 1 is 1.35 bits per heavy atom. The lowest BCUT2D eigenvalue weighted by Crippen LogP contribution is -2.46. The number of rotatable bonds is 6. The molecule has 0 bridgehead atoms. The van der Waals surface area contributed by atoms with Crippen LogP contribution < -0.4 is 4.72 Å². The standard InChI is InChI=1S/C11H17ClN4O3S/c1-4-16(5-2)10(17)8(3)15-20(18,19)9-6-13-11(12)14-7-9/h6-8,15H,4-5H2,1-3H3. The molecule has 7 nitrogen and oxygen atoms in total. The summed E-state index contributed by atoms with van der Waals surface area (Å²) in [5.74, 6) is -0.284. The Kier molecular flexibility index (Phi) is 5.85. The minimum Gasteiger partial charge on any atom is -0.342 e. The maximum atomic E-state index is 12.1. The van der Waals surface area contributed by atoms with Crippen LogP contribution in [0.3, 0.4) is 0 Å². The number of nitrogens with one attached hydrogen (secondary N) is 1. The summed E-state index contributed by atoms with van der Waals surface area (Å²) in [6, 6.07) is -0.865. The summed E-state index contributed by atoms with van der Waals surface area (Å²) in [7, 11) is -3.85. The van der Waals surface area contributed by atoms with Gasteiger partial charge in [-0.1, -0.05) is 0 Å². The number of aromatic nitrogens is 2. The van der Waals surface area contributed by atoms with E-state index in [0.717, 1.165) is 12.4 Å². The van der Waals surface area contributed by atoms with Crippen molar-refractivity contribution in [1.82, 2.24) is 19.6 Å². The molecule has 1 amide bonds. The van der Waals surface area contributed by atoms with E-state index in [9.17, 15) is 13.2 Å². The fourth-order valence-electron chi connectivity index (χ4n) is 1.60. The zero-order chi connectivity index (χ0) is 15.3. The third kappa shape index (κ3) is 4.12. The molecule has 112 valence electrons. The lowest BCUT2D eigenvalue weighted by molar-refractivity contribution is -0.132. The van der Waals surface area contributed by atoms with Gasteiger partial charge in [0.1, 0.15) is 4.90 Å². The molecule has 1 heterocycles. The summed E-state index contributed by atoms with van der Waals surface area (Å²) < 4.78 is 26.4. The largest absolute Gasteiger partial charge is 0.342 e. The predicted molar refractivity (Wildman–Crippen MR) is 74.8 cm³/mol. The number of amides is 1. The Morgan fingerprint density at radius 3 is 2.30 bits per heavy atom. The van der Waals surface area contributed by atoms with E-state index in [2.05, 4.69) is 14.7 Å². The Balaban J connectivity index is 2.85. The highest BCUT2D eigenvalue weighted by atomic mass is 35.5. The van der Waals surface area contributed by atoms with E-state index in [4.69, 9.17) is 11.6 Å². The number of likely N-dealkylation sites (N-methyl/N-ethyl adjacent to an activating group) is 1. The molecule has 1 atom stereocenters. The number of nitrogens with zero attached hydrogens (tertiary/aromatic N) is 3. The smallest absolute Gasteiger partial charge is 0.244 e. The molecule has 20 heavy (non-hydrogen) atoms. The monoisotopic (exact) mass is 320 g/mol. The van der Waals surface area contributed by atoms with Gasteiger partial charge in [-0.25, -0.2) is 18.4 Å². The minimum absolute atomic E-state index is 0.0452. The van der Waals surface area contributed by atoms with Gasteiger partial charge in [-0.2, -0.15) is 4.72 Å². The van der Waals surface area contributed by atoms with Crippen molar-refractivity contribution in [3.05, 3.63) is 17.7 Å². The molecule has 0 radical (unpaired) electrons. The first-order chi connectivity index (χ1) is 9.31. The molecule has 9 heteroatoms. The van der Waals surface area contributed by atoms with Gasteiger partial charge in [0.15, 0.2) is 0 Å². The van der Waals surface area contributed by atoms with Gasteiger partial charge in [-0.05, 0) is 32.4 Å². The molecule has 0 fully saturated rings. The van der Waals surface area contributed by atoms with Gasteiger partial charge in [-0.3, -0.25) is 4.79 Å². The lowest BCUT2D eigenvalue weighted by Gasteiger charge is -2.23. The van der Waals surface area contributed by atoms with Crippen LogP contribution in [0.5, 0.6) is 0 Å². The number of hydrogen-bond donors (Lipinski definition) is 1. The van der Waals surface area contributed by atoms with Crippen molar-refractivity contribution in [3.63, 3.8) is 0 Å². The molecule has 1 N–H and O–H groups in total. The van der Waals surface area contributed by atoms with Crippen LogP contribution in [0.1, 0.15) is 20.8 Å². The van der Waals surface area contributed by atoms with Gasteiger partial charge in [0, 0.05) is 13.1 Å². The molecule has 1 aromatic heterocycles. The van der Waals surface area contributed by atoms with E-state index < -0.39 is 16.1 Å². The summed E-state index contributed by atoms with van der Waals surface area (Å²) in [6.45, 7) is 6.19. The Bertz CT molecular complexity index is 558. The average Bonchev–Trinajstić information content (AvgIpc) is 2.40. The maximum absolute atomic E-state index is 12.1. The number of hydrogen-bond acceptors (Lipinski definition) is 5. The van der Waals surface area contributed by atoms with Crippen LogP contribution in [-0.4, -0.2) is 48.3 Å². The second kappa shape index (κ2) is 6.96. The second-order valence-electron chi connectivity index (χ2n) is 4.04. The Morgan fingerprint density at radius 2 is 1.85 bits per heavy atom. The average molecular weight is 321 g/mol. The third-order valence-electron chi connectivity index (χ3n) is 2.68. The van der Waals surface area contributed by atoms with Crippen LogP contribution >= 0.6 is 11.6 Å². The molecule has 0 aliphatic heterocycles. The number of carbonyl (C=O) groups excluding carboxylic acids is 1. The first kappa shape index (κ1) is 16.8.